The Balaban J connectivity index is 2.89. The van der Waals surface area contributed by atoms with Gasteiger partial charge in [-0.25, -0.2) is 0 Å². The van der Waals surface area contributed by atoms with Gasteiger partial charge in [-0.1, -0.05) is 12.1 Å². The number of nitrogen functional groups attached to an aromatic ring is 1. The van der Waals surface area contributed by atoms with Crippen LogP contribution in [-0.4, -0.2) is 0 Å². The van der Waals surface area contributed by atoms with Crippen LogP contribution in [0.15, 0.2) is 24.3 Å². The number of rotatable bonds is 1. The van der Waals surface area contributed by atoms with Gasteiger partial charge in [-0.15, -0.1) is 11.6 Å². The highest BCUT2D eigenvalue weighted by atomic mass is 35.5. The highest BCUT2D eigenvalue weighted by Crippen LogP contribution is 2.19. The molecule has 0 bridgehead atoms. The van der Waals surface area contributed by atoms with E-state index in [1.807, 2.05) is 31.2 Å². The second kappa shape index (κ2) is 2.93. The van der Waals surface area contributed by atoms with E-state index in [0.29, 0.717) is 0 Å². The van der Waals surface area contributed by atoms with Crippen LogP contribution < -0.4 is 5.73 Å². The van der Waals surface area contributed by atoms with E-state index in [9.17, 15) is 0 Å². The molecule has 54 valence electrons. The minimum Gasteiger partial charge on any atom is -0.399 e. The molecule has 1 unspecified atom stereocenters. The topological polar surface area (TPSA) is 26.0 Å². The van der Waals surface area contributed by atoms with E-state index < -0.39 is 0 Å². The third-order valence-corrected chi connectivity index (χ3v) is 1.65. The highest BCUT2D eigenvalue weighted by Gasteiger charge is 1.97. The quantitative estimate of drug-likeness (QED) is 0.490. The molecule has 0 saturated heterocycles. The third kappa shape index (κ3) is 1.64. The molecule has 1 nitrogen and oxygen atoms in total. The molecule has 0 aliphatic heterocycles. The van der Waals surface area contributed by atoms with Crippen molar-refractivity contribution in [2.45, 2.75) is 12.3 Å². The van der Waals surface area contributed by atoms with Gasteiger partial charge in [0.25, 0.3) is 0 Å². The van der Waals surface area contributed by atoms with Crippen LogP contribution in [0.5, 0.6) is 0 Å². The van der Waals surface area contributed by atoms with Crippen LogP contribution in [-0.2, 0) is 0 Å². The Bertz CT molecular complexity index is 203. The first-order chi connectivity index (χ1) is 4.70. The second-order valence-electron chi connectivity index (χ2n) is 2.28. The number of alkyl halides is 1. The predicted octanol–water partition coefficient (Wildman–Crippen LogP) is 2.57. The summed E-state index contributed by atoms with van der Waals surface area (Å²) in [7, 11) is 0. The Kier molecular flexibility index (Phi) is 2.17. The summed E-state index contributed by atoms with van der Waals surface area (Å²) in [5.41, 5.74) is 7.37. The standard InChI is InChI=1S/C8H10ClN/c1-6(9)7-2-4-8(10)5-3-7/h2-6H,10H2,1H3. The Hall–Kier alpha value is -0.690. The van der Waals surface area contributed by atoms with Crippen LogP contribution >= 0.6 is 11.6 Å². The average molecular weight is 156 g/mol. The zero-order chi connectivity index (χ0) is 7.56. The van der Waals surface area contributed by atoms with Crippen LogP contribution in [0.1, 0.15) is 17.9 Å². The first-order valence-electron chi connectivity index (χ1n) is 3.19. The molecule has 0 amide bonds. The molecule has 0 radical (unpaired) electrons. The molecular weight excluding hydrogens is 146 g/mol. The minimum absolute atomic E-state index is 0.0700. The fourth-order valence-corrected chi connectivity index (χ4v) is 0.907. The van der Waals surface area contributed by atoms with E-state index in [-0.39, 0.29) is 5.38 Å². The first-order valence-corrected chi connectivity index (χ1v) is 3.63. The van der Waals surface area contributed by atoms with Crippen LogP contribution in [0.25, 0.3) is 0 Å². The fraction of sp³-hybridized carbons (Fsp3) is 0.250. The monoisotopic (exact) mass is 155 g/mol. The zero-order valence-corrected chi connectivity index (χ0v) is 6.60. The summed E-state index contributed by atoms with van der Waals surface area (Å²) in [5, 5.41) is 0.0700. The van der Waals surface area contributed by atoms with Crippen molar-refractivity contribution in [3.05, 3.63) is 29.8 Å². The van der Waals surface area contributed by atoms with Gasteiger partial charge >= 0.3 is 0 Å². The number of benzene rings is 1. The lowest BCUT2D eigenvalue weighted by Gasteiger charge is -2.01. The Morgan fingerprint density at radius 2 is 1.80 bits per heavy atom. The van der Waals surface area contributed by atoms with Gasteiger partial charge in [-0.05, 0) is 24.6 Å². The van der Waals surface area contributed by atoms with Gasteiger partial charge in [0.05, 0.1) is 5.38 Å². The number of halogens is 1. The summed E-state index contributed by atoms with van der Waals surface area (Å²) in [4.78, 5) is 0. The normalized spacial score (nSPS) is 13.0. The van der Waals surface area contributed by atoms with Crippen molar-refractivity contribution < 1.29 is 0 Å². The fourth-order valence-electron chi connectivity index (χ4n) is 0.761. The van der Waals surface area contributed by atoms with Crippen molar-refractivity contribution in [1.29, 1.82) is 0 Å². The van der Waals surface area contributed by atoms with Gasteiger partial charge in [0.1, 0.15) is 0 Å². The van der Waals surface area contributed by atoms with Gasteiger partial charge in [-0.2, -0.15) is 0 Å². The highest BCUT2D eigenvalue weighted by molar-refractivity contribution is 6.20. The first kappa shape index (κ1) is 7.42. The van der Waals surface area contributed by atoms with Crippen LogP contribution in [0.4, 0.5) is 5.69 Å². The maximum absolute atomic E-state index is 5.81. The molecule has 1 aromatic carbocycles. The molecule has 1 rings (SSSR count). The average Bonchev–Trinajstić information content (AvgIpc) is 1.88. The van der Waals surface area contributed by atoms with Gasteiger partial charge in [-0.3, -0.25) is 0 Å². The van der Waals surface area contributed by atoms with E-state index >= 15 is 0 Å². The lowest BCUT2D eigenvalue weighted by atomic mass is 10.1. The van der Waals surface area contributed by atoms with E-state index in [0.717, 1.165) is 11.3 Å². The molecule has 0 fully saturated rings. The van der Waals surface area contributed by atoms with Crippen molar-refractivity contribution in [1.82, 2.24) is 0 Å². The number of hydrogen-bond acceptors (Lipinski definition) is 1. The molecule has 1 atom stereocenters. The molecule has 0 aliphatic rings. The Labute approximate surface area is 65.8 Å². The largest absolute Gasteiger partial charge is 0.399 e. The van der Waals surface area contributed by atoms with Gasteiger partial charge in [0.2, 0.25) is 0 Å². The van der Waals surface area contributed by atoms with E-state index in [1.54, 1.807) is 0 Å². The Morgan fingerprint density at radius 1 is 1.30 bits per heavy atom. The lowest BCUT2D eigenvalue weighted by Crippen LogP contribution is -1.86. The molecule has 0 spiro atoms. The molecule has 0 saturated carbocycles. The molecule has 2 N–H and O–H groups in total. The molecule has 1 aromatic rings. The summed E-state index contributed by atoms with van der Waals surface area (Å²) in [6, 6.07) is 7.59. The van der Waals surface area contributed by atoms with Gasteiger partial charge < -0.3 is 5.73 Å². The Morgan fingerprint density at radius 3 is 2.20 bits per heavy atom. The predicted molar refractivity (Wildman–Crippen MR) is 45.1 cm³/mol. The summed E-state index contributed by atoms with van der Waals surface area (Å²) in [6.45, 7) is 1.94. The minimum atomic E-state index is 0.0700. The molecular formula is C8H10ClN. The number of anilines is 1. The lowest BCUT2D eigenvalue weighted by molar-refractivity contribution is 1.09. The summed E-state index contributed by atoms with van der Waals surface area (Å²) in [6.07, 6.45) is 0. The number of hydrogen-bond donors (Lipinski definition) is 1. The van der Waals surface area contributed by atoms with Crippen molar-refractivity contribution >= 4 is 17.3 Å². The number of nitrogens with two attached hydrogens (primary N) is 1. The molecule has 0 heterocycles. The van der Waals surface area contributed by atoms with E-state index in [2.05, 4.69) is 0 Å². The van der Waals surface area contributed by atoms with Crippen molar-refractivity contribution in [3.8, 4) is 0 Å². The summed E-state index contributed by atoms with van der Waals surface area (Å²) >= 11 is 5.81. The molecule has 10 heavy (non-hydrogen) atoms. The van der Waals surface area contributed by atoms with E-state index in [4.69, 9.17) is 17.3 Å². The smallest absolute Gasteiger partial charge is 0.0557 e. The summed E-state index contributed by atoms with van der Waals surface area (Å²) in [5.74, 6) is 0. The second-order valence-corrected chi connectivity index (χ2v) is 2.94. The molecule has 0 aromatic heterocycles. The van der Waals surface area contributed by atoms with E-state index in [1.165, 1.54) is 0 Å². The maximum atomic E-state index is 5.81. The van der Waals surface area contributed by atoms with Gasteiger partial charge in [0, 0.05) is 5.69 Å². The van der Waals surface area contributed by atoms with Gasteiger partial charge in [0.15, 0.2) is 0 Å². The van der Waals surface area contributed by atoms with Crippen LogP contribution in [0, 0.1) is 0 Å². The van der Waals surface area contributed by atoms with Crippen LogP contribution in [0.3, 0.4) is 0 Å². The van der Waals surface area contributed by atoms with Crippen molar-refractivity contribution in [2.75, 3.05) is 5.73 Å². The van der Waals surface area contributed by atoms with Crippen molar-refractivity contribution in [2.24, 2.45) is 0 Å². The molecule has 2 heteroatoms. The van der Waals surface area contributed by atoms with Crippen LogP contribution in [0.2, 0.25) is 0 Å². The zero-order valence-electron chi connectivity index (χ0n) is 5.84. The molecule has 0 aliphatic carbocycles. The SMILES string of the molecule is CC(Cl)c1ccc(N)cc1. The maximum Gasteiger partial charge on any atom is 0.0557 e. The third-order valence-electron chi connectivity index (χ3n) is 1.40. The van der Waals surface area contributed by atoms with Crippen molar-refractivity contribution in [3.63, 3.8) is 0 Å². The summed E-state index contributed by atoms with van der Waals surface area (Å²) < 4.78 is 0.